The Kier molecular flexibility index (Phi) is 10.5. The van der Waals surface area contributed by atoms with Gasteiger partial charge in [-0.25, -0.2) is 0 Å². The first-order valence-electron chi connectivity index (χ1n) is 12.0. The minimum absolute atomic E-state index is 0.264. The molecular formula is C24H42N6O2. The van der Waals surface area contributed by atoms with E-state index in [1.165, 1.54) is 44.7 Å². The Hall–Kier alpha value is -1.87. The fraction of sp³-hybridized carbons (Fsp3) is 0.708. The average molecular weight is 447 g/mol. The van der Waals surface area contributed by atoms with Crippen LogP contribution in [0, 0.1) is 0 Å². The molecule has 180 valence electrons. The highest BCUT2D eigenvalue weighted by atomic mass is 16.5. The quantitative estimate of drug-likeness (QED) is 0.319. The summed E-state index contributed by atoms with van der Waals surface area (Å²) in [5, 5.41) is 7.04. The van der Waals surface area contributed by atoms with Gasteiger partial charge < -0.3 is 29.9 Å². The highest BCUT2D eigenvalue weighted by Gasteiger charge is 2.23. The Bertz CT molecular complexity index is 670. The van der Waals surface area contributed by atoms with Crippen LogP contribution in [0.1, 0.15) is 24.4 Å². The molecule has 2 saturated heterocycles. The molecule has 1 aromatic rings. The number of piperazine rings is 1. The Morgan fingerprint density at radius 2 is 1.75 bits per heavy atom. The van der Waals surface area contributed by atoms with Gasteiger partial charge in [0.1, 0.15) is 5.75 Å². The minimum Gasteiger partial charge on any atom is -0.497 e. The molecule has 0 amide bonds. The number of methoxy groups -OCH3 is 1. The number of guanidine groups is 1. The Morgan fingerprint density at radius 3 is 2.41 bits per heavy atom. The van der Waals surface area contributed by atoms with Crippen LogP contribution >= 0.6 is 0 Å². The molecule has 2 N–H and O–H groups in total. The number of nitrogens with one attached hydrogen (secondary N) is 2. The molecule has 0 radical (unpaired) electrons. The smallest absolute Gasteiger partial charge is 0.191 e. The molecule has 2 aliphatic heterocycles. The number of benzene rings is 1. The van der Waals surface area contributed by atoms with Gasteiger partial charge in [-0.1, -0.05) is 12.1 Å². The molecule has 1 unspecified atom stereocenters. The van der Waals surface area contributed by atoms with E-state index in [-0.39, 0.29) is 6.04 Å². The second-order valence-corrected chi connectivity index (χ2v) is 8.67. The third kappa shape index (κ3) is 7.92. The van der Waals surface area contributed by atoms with Crippen LogP contribution in [0.5, 0.6) is 5.75 Å². The van der Waals surface area contributed by atoms with Gasteiger partial charge in [0.2, 0.25) is 0 Å². The lowest BCUT2D eigenvalue weighted by molar-refractivity contribution is 0.0170. The van der Waals surface area contributed by atoms with Gasteiger partial charge >= 0.3 is 0 Å². The first-order valence-corrected chi connectivity index (χ1v) is 12.0. The standard InChI is InChI=1S/C24H42N6O2/c1-25-24(26-10-4-5-11-29-14-12-28(2)13-15-29)27-20-23(30-16-18-32-19-17-30)21-6-8-22(31-3)9-7-21/h6-9,23H,4-5,10-20H2,1-3H3,(H2,25,26,27). The zero-order valence-electron chi connectivity index (χ0n) is 20.2. The van der Waals surface area contributed by atoms with Crippen molar-refractivity contribution in [3.8, 4) is 5.75 Å². The highest BCUT2D eigenvalue weighted by Crippen LogP contribution is 2.23. The summed E-state index contributed by atoms with van der Waals surface area (Å²) in [5.41, 5.74) is 1.28. The fourth-order valence-corrected chi connectivity index (χ4v) is 4.33. The number of aliphatic imine (C=N–C) groups is 1. The Morgan fingerprint density at radius 1 is 1.03 bits per heavy atom. The molecule has 8 heteroatoms. The Balaban J connectivity index is 1.43. The topological polar surface area (TPSA) is 64.6 Å². The summed E-state index contributed by atoms with van der Waals surface area (Å²) >= 11 is 0. The lowest BCUT2D eigenvalue weighted by atomic mass is 10.0. The van der Waals surface area contributed by atoms with Crippen LogP contribution in [-0.4, -0.2) is 114 Å². The van der Waals surface area contributed by atoms with Crippen molar-refractivity contribution in [2.75, 3.05) is 93.3 Å². The molecule has 0 bridgehead atoms. The number of nitrogens with zero attached hydrogens (tertiary/aromatic N) is 4. The van der Waals surface area contributed by atoms with E-state index in [2.05, 4.69) is 49.5 Å². The van der Waals surface area contributed by atoms with E-state index in [9.17, 15) is 0 Å². The third-order valence-electron chi connectivity index (χ3n) is 6.46. The van der Waals surface area contributed by atoms with E-state index in [0.717, 1.165) is 57.5 Å². The number of hydrogen-bond donors (Lipinski definition) is 2. The van der Waals surface area contributed by atoms with Gasteiger partial charge in [0, 0.05) is 59.4 Å². The molecule has 0 aromatic heterocycles. The van der Waals surface area contributed by atoms with Crippen LogP contribution in [0.25, 0.3) is 0 Å². The van der Waals surface area contributed by atoms with Crippen molar-refractivity contribution in [3.05, 3.63) is 29.8 Å². The normalized spacial score (nSPS) is 20.2. The van der Waals surface area contributed by atoms with Crippen molar-refractivity contribution in [2.45, 2.75) is 18.9 Å². The van der Waals surface area contributed by atoms with E-state index in [1.54, 1.807) is 7.11 Å². The zero-order valence-corrected chi connectivity index (χ0v) is 20.2. The summed E-state index contributed by atoms with van der Waals surface area (Å²) in [6.45, 7) is 11.2. The minimum atomic E-state index is 0.264. The van der Waals surface area contributed by atoms with Gasteiger partial charge in [-0.05, 0) is 44.1 Å². The number of rotatable bonds is 10. The molecule has 2 fully saturated rings. The summed E-state index contributed by atoms with van der Waals surface area (Å²) in [7, 11) is 5.76. The third-order valence-corrected chi connectivity index (χ3v) is 6.46. The van der Waals surface area contributed by atoms with E-state index in [1.807, 2.05) is 19.2 Å². The van der Waals surface area contributed by atoms with Crippen LogP contribution in [0.4, 0.5) is 0 Å². The van der Waals surface area contributed by atoms with Crippen molar-refractivity contribution in [3.63, 3.8) is 0 Å². The predicted molar refractivity (Wildman–Crippen MR) is 131 cm³/mol. The number of morpholine rings is 1. The molecule has 0 aliphatic carbocycles. The van der Waals surface area contributed by atoms with Gasteiger partial charge in [0.15, 0.2) is 5.96 Å². The summed E-state index contributed by atoms with van der Waals surface area (Å²) in [5.74, 6) is 1.76. The molecule has 0 spiro atoms. The summed E-state index contributed by atoms with van der Waals surface area (Å²) < 4.78 is 10.9. The first-order chi connectivity index (χ1) is 15.7. The van der Waals surface area contributed by atoms with Crippen LogP contribution in [-0.2, 0) is 4.74 Å². The number of likely N-dealkylation sites (N-methyl/N-ethyl adjacent to an activating group) is 1. The van der Waals surface area contributed by atoms with Crippen LogP contribution in [0.2, 0.25) is 0 Å². The summed E-state index contributed by atoms with van der Waals surface area (Å²) in [4.78, 5) is 11.9. The van der Waals surface area contributed by atoms with Crippen LogP contribution in [0.15, 0.2) is 29.3 Å². The van der Waals surface area contributed by atoms with E-state index >= 15 is 0 Å². The molecule has 32 heavy (non-hydrogen) atoms. The SMILES string of the molecule is CN=C(NCCCCN1CCN(C)CC1)NCC(c1ccc(OC)cc1)N1CCOCC1. The van der Waals surface area contributed by atoms with Crippen molar-refractivity contribution < 1.29 is 9.47 Å². The molecule has 3 rings (SSSR count). The largest absolute Gasteiger partial charge is 0.497 e. The second kappa shape index (κ2) is 13.6. The van der Waals surface area contributed by atoms with Crippen LogP contribution in [0.3, 0.4) is 0 Å². The second-order valence-electron chi connectivity index (χ2n) is 8.67. The molecule has 8 nitrogen and oxygen atoms in total. The summed E-state index contributed by atoms with van der Waals surface area (Å²) in [6, 6.07) is 8.66. The predicted octanol–water partition coefficient (Wildman–Crippen LogP) is 1.26. The zero-order chi connectivity index (χ0) is 22.6. The maximum atomic E-state index is 5.57. The number of ether oxygens (including phenoxy) is 2. The molecule has 2 heterocycles. The van der Waals surface area contributed by atoms with E-state index < -0.39 is 0 Å². The molecule has 1 aromatic carbocycles. The summed E-state index contributed by atoms with van der Waals surface area (Å²) in [6.07, 6.45) is 2.37. The van der Waals surface area contributed by atoms with Crippen molar-refractivity contribution in [1.29, 1.82) is 0 Å². The Labute approximate surface area is 193 Å². The number of hydrogen-bond acceptors (Lipinski definition) is 6. The van der Waals surface area contributed by atoms with Crippen LogP contribution < -0.4 is 15.4 Å². The monoisotopic (exact) mass is 446 g/mol. The van der Waals surface area contributed by atoms with Gasteiger partial charge in [-0.15, -0.1) is 0 Å². The van der Waals surface area contributed by atoms with Gasteiger partial charge in [-0.3, -0.25) is 9.89 Å². The molecular weight excluding hydrogens is 404 g/mol. The van der Waals surface area contributed by atoms with Crippen molar-refractivity contribution >= 4 is 5.96 Å². The maximum absolute atomic E-state index is 5.57. The van der Waals surface area contributed by atoms with Crippen molar-refractivity contribution in [1.82, 2.24) is 25.3 Å². The lowest BCUT2D eigenvalue weighted by Crippen LogP contribution is -2.46. The molecule has 0 saturated carbocycles. The van der Waals surface area contributed by atoms with Gasteiger partial charge in [0.25, 0.3) is 0 Å². The molecule has 1 atom stereocenters. The first kappa shape index (κ1) is 24.8. The lowest BCUT2D eigenvalue weighted by Gasteiger charge is -2.35. The molecule has 2 aliphatic rings. The van der Waals surface area contributed by atoms with E-state index in [0.29, 0.717) is 0 Å². The van der Waals surface area contributed by atoms with Gasteiger partial charge in [0.05, 0.1) is 26.4 Å². The maximum Gasteiger partial charge on any atom is 0.191 e. The van der Waals surface area contributed by atoms with Gasteiger partial charge in [-0.2, -0.15) is 0 Å². The number of unbranched alkanes of at least 4 members (excludes halogenated alkanes) is 1. The van der Waals surface area contributed by atoms with Crippen molar-refractivity contribution in [2.24, 2.45) is 4.99 Å². The van der Waals surface area contributed by atoms with E-state index in [4.69, 9.17) is 9.47 Å². The average Bonchev–Trinajstić information content (AvgIpc) is 2.85. The highest BCUT2D eigenvalue weighted by molar-refractivity contribution is 5.79. The fourth-order valence-electron chi connectivity index (χ4n) is 4.33.